The average Bonchev–Trinajstić information content (AvgIpc) is 1.54. The van der Waals surface area contributed by atoms with Crippen molar-refractivity contribution in [2.45, 2.75) is 374 Å². The van der Waals surface area contributed by atoms with Crippen LogP contribution in [0.25, 0.3) is 0 Å². The molecule has 107 heavy (non-hydrogen) atoms. The van der Waals surface area contributed by atoms with Crippen molar-refractivity contribution in [2.75, 3.05) is 166 Å². The van der Waals surface area contributed by atoms with Crippen LogP contribution in [0.15, 0.2) is 30.3 Å². The second kappa shape index (κ2) is 73.4. The van der Waals surface area contributed by atoms with Crippen molar-refractivity contribution in [3.63, 3.8) is 0 Å². The molecule has 0 aliphatic carbocycles. The van der Waals surface area contributed by atoms with Crippen LogP contribution in [0.5, 0.6) is 0 Å². The van der Waals surface area contributed by atoms with E-state index in [1.54, 1.807) is 0 Å². The Hall–Kier alpha value is -1.46. The van der Waals surface area contributed by atoms with Crippen molar-refractivity contribution >= 4 is 40.8 Å². The number of hydrogen-bond donors (Lipinski definition) is 0. The lowest BCUT2D eigenvalue weighted by Gasteiger charge is -2.41. The van der Waals surface area contributed by atoms with Gasteiger partial charge in [0.2, 0.25) is 0 Å². The first kappa shape index (κ1) is 124. The highest BCUT2D eigenvalue weighted by Crippen LogP contribution is 2.22. The monoisotopic (exact) mass is 1590 g/mol. The third-order valence-corrected chi connectivity index (χ3v) is 23.3. The van der Waals surface area contributed by atoms with Crippen LogP contribution in [0.2, 0.25) is 0 Å². The summed E-state index contributed by atoms with van der Waals surface area (Å²) in [6.07, 6.45) is 10.6. The number of hydrogen-bond acceptors (Lipinski definition) is 16. The molecule has 0 atom stereocenters. The fourth-order valence-corrected chi connectivity index (χ4v) is 15.8. The number of hydrazine groups is 1. The number of para-hydroxylation sites is 1. The van der Waals surface area contributed by atoms with Gasteiger partial charge >= 0.3 is 0 Å². The van der Waals surface area contributed by atoms with Crippen molar-refractivity contribution in [3.05, 3.63) is 30.3 Å². The Kier molecular flexibility index (Phi) is 84.9. The lowest BCUT2D eigenvalue weighted by Crippen LogP contribution is -2.52. The number of rotatable bonds is 7. The molecule has 0 bridgehead atoms. The average molecular weight is 1590 g/mol. The van der Waals surface area contributed by atoms with E-state index in [4.69, 9.17) is 0 Å². The molecule has 8 saturated heterocycles. The first-order valence-electron chi connectivity index (χ1n) is 43.9. The van der Waals surface area contributed by atoms with Crippen LogP contribution in [-0.4, -0.2) is 290 Å². The Labute approximate surface area is 677 Å². The zero-order valence-corrected chi connectivity index (χ0v) is 82.9. The molecular formula is C88H199N11O5S3. The lowest BCUT2D eigenvalue weighted by atomic mass is 10.0. The summed E-state index contributed by atoms with van der Waals surface area (Å²) in [6.45, 7) is 101. The summed E-state index contributed by atoms with van der Waals surface area (Å²) >= 11 is 0. The van der Waals surface area contributed by atoms with E-state index in [0.717, 1.165) is 49.6 Å². The SMILES string of the molecule is C=S1(=O)CCN(C(C)C)CC1.CC.CC.CC.CC.CC.CC.CC.CC.CC.CC(C)(C)N1CCCCC1.CC(C)(C)N1CCCS(=O)(=O)C1.CC(C)N(C)c1ccccc1.CC(C)N1CCC1.CC(C)N1CCCC1.CC(C)N1CCCN1C.CC(C)N1CCS(=O)(=O)C1.CN1CCN(C(C)(C)C)CC1. The van der Waals surface area contributed by atoms with E-state index < -0.39 is 29.2 Å². The molecule has 0 unspecified atom stereocenters. The van der Waals surface area contributed by atoms with E-state index in [0.29, 0.717) is 53.3 Å². The van der Waals surface area contributed by atoms with Crippen LogP contribution in [0.1, 0.15) is 321 Å². The fraction of sp³-hybridized carbons (Fsp3) is 0.920. The van der Waals surface area contributed by atoms with Crippen LogP contribution in [0.3, 0.4) is 0 Å². The first-order valence-corrected chi connectivity index (χ1v) is 49.6. The molecule has 0 aromatic heterocycles. The molecule has 8 aliphatic heterocycles. The molecule has 654 valence electrons. The van der Waals surface area contributed by atoms with Gasteiger partial charge in [-0.2, -0.15) is 0 Å². The number of piperidine rings is 1. The maximum atomic E-state index is 11.4. The summed E-state index contributed by atoms with van der Waals surface area (Å²) in [7, 11) is -0.729. The van der Waals surface area contributed by atoms with Gasteiger partial charge in [0, 0.05) is 150 Å². The Bertz CT molecular complexity index is 2300. The molecular weight excluding hydrogens is 1390 g/mol. The van der Waals surface area contributed by atoms with Gasteiger partial charge in [0.1, 0.15) is 11.8 Å². The molecule has 9 rings (SSSR count). The van der Waals surface area contributed by atoms with Gasteiger partial charge in [-0.3, -0.25) is 28.7 Å². The number of sulfone groups is 2. The topological polar surface area (TPSA) is 121 Å². The molecule has 8 heterocycles. The highest BCUT2D eigenvalue weighted by atomic mass is 32.2. The normalized spacial score (nSPS) is 19.3. The van der Waals surface area contributed by atoms with Gasteiger partial charge in [-0.1, -0.05) is 149 Å². The van der Waals surface area contributed by atoms with E-state index in [1.165, 1.54) is 129 Å². The second-order valence-electron chi connectivity index (χ2n) is 30.9. The van der Waals surface area contributed by atoms with E-state index in [2.05, 4.69) is 206 Å². The number of likely N-dealkylation sites (N-methyl/N-ethyl adjacent to an activating group) is 1. The van der Waals surface area contributed by atoms with Crippen molar-refractivity contribution in [1.29, 1.82) is 0 Å². The minimum Gasteiger partial charge on any atom is -0.372 e. The van der Waals surface area contributed by atoms with E-state index in [-0.39, 0.29) is 17.3 Å². The Morgan fingerprint density at radius 3 is 0.897 bits per heavy atom. The van der Waals surface area contributed by atoms with E-state index >= 15 is 0 Å². The minimum atomic E-state index is -2.79. The van der Waals surface area contributed by atoms with E-state index in [9.17, 15) is 21.0 Å². The highest BCUT2D eigenvalue weighted by Gasteiger charge is 2.31. The van der Waals surface area contributed by atoms with Crippen molar-refractivity contribution in [3.8, 4) is 0 Å². The summed E-state index contributed by atoms with van der Waals surface area (Å²) in [6, 6.07) is 14.2. The van der Waals surface area contributed by atoms with Crippen LogP contribution in [0.4, 0.5) is 5.69 Å². The van der Waals surface area contributed by atoms with Gasteiger partial charge in [0.05, 0.1) is 11.5 Å². The van der Waals surface area contributed by atoms with Crippen LogP contribution < -0.4 is 4.90 Å². The van der Waals surface area contributed by atoms with Gasteiger partial charge in [-0.25, -0.2) is 26.9 Å². The predicted molar refractivity (Wildman–Crippen MR) is 494 cm³/mol. The van der Waals surface area contributed by atoms with Crippen molar-refractivity contribution < 1.29 is 21.0 Å². The molecule has 0 amide bonds. The summed E-state index contributed by atoms with van der Waals surface area (Å²) in [5.41, 5.74) is 2.03. The number of piperazine rings is 1. The number of likely N-dealkylation sites (tertiary alicyclic amines) is 3. The number of nitrogens with zero attached hydrogens (tertiary/aromatic N) is 11. The Morgan fingerprint density at radius 1 is 0.336 bits per heavy atom. The molecule has 0 saturated carbocycles. The van der Waals surface area contributed by atoms with Gasteiger partial charge in [-0.15, -0.1) is 0 Å². The molecule has 1 aromatic rings. The molecule has 8 fully saturated rings. The van der Waals surface area contributed by atoms with Gasteiger partial charge in [-0.05, 0) is 264 Å². The predicted octanol–water partition coefficient (Wildman–Crippen LogP) is 20.0. The Balaban J connectivity index is -0.000000141. The smallest absolute Gasteiger partial charge is 0.164 e. The number of benzene rings is 1. The first-order chi connectivity index (χ1) is 50.0. The fourth-order valence-electron chi connectivity index (χ4n) is 11.2. The maximum Gasteiger partial charge on any atom is 0.164 e. The highest BCUT2D eigenvalue weighted by molar-refractivity contribution is 8.00. The van der Waals surface area contributed by atoms with Gasteiger partial charge in [0.15, 0.2) is 19.7 Å². The molecule has 0 radical (unpaired) electrons. The largest absolute Gasteiger partial charge is 0.372 e. The Morgan fingerprint density at radius 2 is 0.654 bits per heavy atom. The molecule has 0 spiro atoms. The van der Waals surface area contributed by atoms with Crippen molar-refractivity contribution in [1.82, 2.24) is 49.2 Å². The van der Waals surface area contributed by atoms with Crippen LogP contribution >= 0.6 is 0 Å². The lowest BCUT2D eigenvalue weighted by molar-refractivity contribution is 0.0242. The van der Waals surface area contributed by atoms with Gasteiger partial charge < -0.3 is 19.6 Å². The summed E-state index contributed by atoms with van der Waals surface area (Å²) < 4.78 is 55.8. The number of anilines is 1. The summed E-state index contributed by atoms with van der Waals surface area (Å²) in [5, 5.41) is 4.71. The minimum absolute atomic E-state index is 0.0203. The summed E-state index contributed by atoms with van der Waals surface area (Å²) in [4.78, 5) is 21.1. The zero-order chi connectivity index (χ0) is 86.1. The zero-order valence-electron chi connectivity index (χ0n) is 80.5. The molecule has 1 aromatic carbocycles. The quantitative estimate of drug-likeness (QED) is 0.241. The third kappa shape index (κ3) is 66.5. The van der Waals surface area contributed by atoms with E-state index in [1.807, 2.05) is 175 Å². The third-order valence-electron chi connectivity index (χ3n) is 18.3. The standard InChI is InChI=1S/C10H15N.C9H20N2.C9H19N.C8H17NO2S.C8H17NOS.C7H16N2.C7H15N.C6H13NO2S.C6H13N.9C2H6/c1-9(2)11(3)10-7-5-4-6-8-10;1-9(2,3)11-7-5-10(4)6-8-11;1-9(2,3)10-7-5-4-6-8-10;1-8(2,3)9-5-4-6-12(10,11)7-9;1-8(2)9-4-6-11(3,10)7-5-9;1-7(2)9-6-4-5-8(9)3;1-7(2)8-5-3-4-6-8;1-6(2)7-3-4-10(8,9)5-7;1-6(2)7-4-3-5-7;9*1-2/h4-9H,1-3H3;5-8H2,1-4H3;4-8H2,1-3H3;4-7H2,1-3H3;8H,3-7H2,1-2H3;7H,4-6H2,1-3H3;7H,3-6H2,1-2H3;6H,3-5H2,1-2H3;6H,3-5H2,1-2H3;9*1-2H3. The molecule has 8 aliphatic rings. The molecule has 0 N–H and O–H groups in total. The summed E-state index contributed by atoms with van der Waals surface area (Å²) in [5.74, 6) is 6.48. The molecule has 16 nitrogen and oxygen atoms in total. The van der Waals surface area contributed by atoms with Crippen LogP contribution in [0, 0.1) is 0 Å². The molecule has 19 heteroatoms. The van der Waals surface area contributed by atoms with Crippen molar-refractivity contribution in [2.24, 2.45) is 0 Å². The van der Waals surface area contributed by atoms with Crippen LogP contribution in [-0.2, 0) is 29.2 Å². The maximum absolute atomic E-state index is 11.4. The second-order valence-corrected chi connectivity index (χ2v) is 37.9. The van der Waals surface area contributed by atoms with Gasteiger partial charge in [0.25, 0.3) is 0 Å².